The normalized spacial score (nSPS) is 10.7. The van der Waals surface area contributed by atoms with E-state index in [-0.39, 0.29) is 12.4 Å². The number of para-hydroxylation sites is 1. The number of rotatable bonds is 4. The highest BCUT2D eigenvalue weighted by atomic mass is 35.5. The molecule has 0 saturated heterocycles. The Morgan fingerprint density at radius 3 is 2.61 bits per heavy atom. The van der Waals surface area contributed by atoms with E-state index < -0.39 is 0 Å². The quantitative estimate of drug-likeness (QED) is 0.746. The lowest BCUT2D eigenvalue weighted by Gasteiger charge is -2.15. The summed E-state index contributed by atoms with van der Waals surface area (Å²) in [7, 11) is 0. The first kappa shape index (κ1) is 15.5. The van der Waals surface area contributed by atoms with Crippen molar-refractivity contribution < 1.29 is 9.90 Å². The van der Waals surface area contributed by atoms with Crippen LogP contribution in [0.15, 0.2) is 54.7 Å². The average Bonchev–Trinajstić information content (AvgIpc) is 2.95. The number of ketones is 1. The van der Waals surface area contributed by atoms with Crippen LogP contribution in [-0.2, 0) is 6.61 Å². The van der Waals surface area contributed by atoms with Crippen molar-refractivity contribution in [1.29, 1.82) is 0 Å². The maximum atomic E-state index is 12.9. The van der Waals surface area contributed by atoms with E-state index >= 15 is 0 Å². The topological polar surface area (TPSA) is 55.1 Å². The minimum atomic E-state index is -0.238. The molecule has 1 N–H and O–H groups in total. The number of aryl methyl sites for hydroxylation is 1. The van der Waals surface area contributed by atoms with Crippen LogP contribution in [0.1, 0.15) is 27.4 Å². The van der Waals surface area contributed by atoms with Crippen molar-refractivity contribution in [2.45, 2.75) is 13.5 Å². The summed E-state index contributed by atoms with van der Waals surface area (Å²) in [6, 6.07) is 14.2. The number of imidazole rings is 1. The number of carbonyl (C=O) groups excluding carboxylic acids is 1. The van der Waals surface area contributed by atoms with Crippen LogP contribution in [-0.4, -0.2) is 20.4 Å². The minimum Gasteiger partial charge on any atom is -0.388 e. The van der Waals surface area contributed by atoms with Gasteiger partial charge in [0, 0.05) is 23.0 Å². The summed E-state index contributed by atoms with van der Waals surface area (Å²) in [5.74, 6) is 0.317. The Morgan fingerprint density at radius 1 is 1.17 bits per heavy atom. The lowest BCUT2D eigenvalue weighted by Crippen LogP contribution is -2.11. The fourth-order valence-corrected chi connectivity index (χ4v) is 2.83. The van der Waals surface area contributed by atoms with Crippen molar-refractivity contribution in [2.75, 3.05) is 0 Å². The number of carbonyl (C=O) groups is 1. The van der Waals surface area contributed by atoms with E-state index in [1.54, 1.807) is 41.1 Å². The summed E-state index contributed by atoms with van der Waals surface area (Å²) < 4.78 is 1.72. The van der Waals surface area contributed by atoms with Crippen molar-refractivity contribution in [3.05, 3.63) is 82.4 Å². The molecule has 2 aromatic carbocycles. The summed E-state index contributed by atoms with van der Waals surface area (Å²) in [6.07, 6.45) is 1.64. The summed E-state index contributed by atoms with van der Waals surface area (Å²) in [5, 5.41) is 9.95. The fourth-order valence-electron chi connectivity index (χ4n) is 2.57. The van der Waals surface area contributed by atoms with Crippen molar-refractivity contribution >= 4 is 17.4 Å². The first-order valence-corrected chi connectivity index (χ1v) is 7.54. The maximum Gasteiger partial charge on any atom is 0.195 e. The van der Waals surface area contributed by atoms with E-state index in [1.165, 1.54) is 0 Å². The maximum absolute atomic E-state index is 12.9. The molecule has 0 unspecified atom stereocenters. The van der Waals surface area contributed by atoms with Crippen LogP contribution in [0.5, 0.6) is 0 Å². The first-order valence-electron chi connectivity index (χ1n) is 7.16. The number of aliphatic hydroxyl groups is 1. The molecule has 0 aliphatic rings. The van der Waals surface area contributed by atoms with E-state index in [0.717, 1.165) is 5.69 Å². The fraction of sp³-hybridized carbons (Fsp3) is 0.111. The number of aliphatic hydroxyl groups excluding tert-OH is 1. The number of nitrogens with zero attached hydrogens (tertiary/aromatic N) is 2. The van der Waals surface area contributed by atoms with E-state index in [1.807, 2.05) is 25.1 Å². The molecule has 0 aliphatic carbocycles. The molecule has 0 amide bonds. The van der Waals surface area contributed by atoms with E-state index in [9.17, 15) is 9.90 Å². The van der Waals surface area contributed by atoms with E-state index in [4.69, 9.17) is 11.6 Å². The van der Waals surface area contributed by atoms with Crippen molar-refractivity contribution in [2.24, 2.45) is 0 Å². The highest BCUT2D eigenvalue weighted by molar-refractivity contribution is 6.33. The number of aromatic nitrogens is 2. The molecule has 0 radical (unpaired) electrons. The number of hydrogen-bond donors (Lipinski definition) is 1. The van der Waals surface area contributed by atoms with Crippen molar-refractivity contribution in [1.82, 2.24) is 9.55 Å². The molecule has 0 fully saturated rings. The zero-order valence-corrected chi connectivity index (χ0v) is 13.3. The minimum absolute atomic E-state index is 0.125. The Labute approximate surface area is 139 Å². The van der Waals surface area contributed by atoms with Crippen LogP contribution >= 0.6 is 11.6 Å². The third kappa shape index (κ3) is 2.79. The molecule has 3 aromatic rings. The summed E-state index contributed by atoms with van der Waals surface area (Å²) in [5.41, 5.74) is 2.39. The lowest BCUT2D eigenvalue weighted by atomic mass is 10.0. The Morgan fingerprint density at radius 2 is 1.91 bits per heavy atom. The zero-order valence-electron chi connectivity index (χ0n) is 12.5. The van der Waals surface area contributed by atoms with Gasteiger partial charge in [0.1, 0.15) is 12.4 Å². The average molecular weight is 327 g/mol. The van der Waals surface area contributed by atoms with Crippen LogP contribution in [0.4, 0.5) is 0 Å². The second-order valence-electron chi connectivity index (χ2n) is 5.14. The molecule has 116 valence electrons. The molecule has 4 nitrogen and oxygen atoms in total. The highest BCUT2D eigenvalue weighted by Crippen LogP contribution is 2.29. The monoisotopic (exact) mass is 326 g/mol. The molecule has 5 heteroatoms. The molecule has 0 bridgehead atoms. The summed E-state index contributed by atoms with van der Waals surface area (Å²) >= 11 is 6.37. The standard InChI is InChI=1S/C18H15ClN2O2/c1-12-10-20-16(11-22)21(12)17-14(8-5-9-15(17)19)18(23)13-6-3-2-4-7-13/h2-10,22H,11H2,1H3. The van der Waals surface area contributed by atoms with Gasteiger partial charge >= 0.3 is 0 Å². The zero-order chi connectivity index (χ0) is 16.4. The van der Waals surface area contributed by atoms with Crippen molar-refractivity contribution in [3.8, 4) is 5.69 Å². The third-order valence-electron chi connectivity index (χ3n) is 3.64. The Hall–Kier alpha value is -2.43. The molecule has 1 heterocycles. The molecular formula is C18H15ClN2O2. The second-order valence-corrected chi connectivity index (χ2v) is 5.55. The lowest BCUT2D eigenvalue weighted by molar-refractivity contribution is 0.103. The second kappa shape index (κ2) is 6.36. The molecule has 0 saturated carbocycles. The van der Waals surface area contributed by atoms with Gasteiger partial charge in [-0.2, -0.15) is 0 Å². The van der Waals surface area contributed by atoms with Crippen LogP contribution in [0.2, 0.25) is 5.02 Å². The first-order chi connectivity index (χ1) is 11.1. The molecule has 1 aromatic heterocycles. The van der Waals surface area contributed by atoms with Crippen LogP contribution < -0.4 is 0 Å². The van der Waals surface area contributed by atoms with Gasteiger partial charge in [0.15, 0.2) is 5.78 Å². The highest BCUT2D eigenvalue weighted by Gasteiger charge is 2.20. The van der Waals surface area contributed by atoms with Gasteiger partial charge in [-0.05, 0) is 19.1 Å². The number of halogens is 1. The van der Waals surface area contributed by atoms with Gasteiger partial charge in [0.25, 0.3) is 0 Å². The summed E-state index contributed by atoms with van der Waals surface area (Å²) in [6.45, 7) is 1.62. The van der Waals surface area contributed by atoms with Gasteiger partial charge in [0.05, 0.1) is 10.7 Å². The Kier molecular flexibility index (Phi) is 4.28. The van der Waals surface area contributed by atoms with Crippen LogP contribution in [0.25, 0.3) is 5.69 Å². The molecule has 0 atom stereocenters. The molecule has 0 spiro atoms. The number of hydrogen-bond acceptors (Lipinski definition) is 3. The Balaban J connectivity index is 2.23. The predicted molar refractivity (Wildman–Crippen MR) is 89.1 cm³/mol. The largest absolute Gasteiger partial charge is 0.388 e. The summed E-state index contributed by atoms with van der Waals surface area (Å²) in [4.78, 5) is 17.0. The molecule has 0 aliphatic heterocycles. The van der Waals surface area contributed by atoms with Gasteiger partial charge in [-0.15, -0.1) is 0 Å². The van der Waals surface area contributed by atoms with Gasteiger partial charge in [0.2, 0.25) is 0 Å². The molecular weight excluding hydrogens is 312 g/mol. The van der Waals surface area contributed by atoms with Gasteiger partial charge in [-0.1, -0.05) is 48.0 Å². The van der Waals surface area contributed by atoms with Gasteiger partial charge in [-0.3, -0.25) is 9.36 Å². The van der Waals surface area contributed by atoms with Crippen molar-refractivity contribution in [3.63, 3.8) is 0 Å². The van der Waals surface area contributed by atoms with E-state index in [2.05, 4.69) is 4.98 Å². The predicted octanol–water partition coefficient (Wildman–Crippen LogP) is 3.56. The third-order valence-corrected chi connectivity index (χ3v) is 3.95. The van der Waals surface area contributed by atoms with Crippen LogP contribution in [0.3, 0.4) is 0 Å². The SMILES string of the molecule is Cc1cnc(CO)n1-c1c(Cl)cccc1C(=O)c1ccccc1. The van der Waals surface area contributed by atoms with E-state index in [0.29, 0.717) is 27.7 Å². The number of benzene rings is 2. The smallest absolute Gasteiger partial charge is 0.195 e. The van der Waals surface area contributed by atoms with Gasteiger partial charge < -0.3 is 5.11 Å². The molecule has 23 heavy (non-hydrogen) atoms. The Bertz CT molecular complexity index is 857. The molecule has 3 rings (SSSR count). The van der Waals surface area contributed by atoms with Gasteiger partial charge in [-0.25, -0.2) is 4.98 Å². The van der Waals surface area contributed by atoms with Crippen LogP contribution in [0, 0.1) is 6.92 Å².